The van der Waals surface area contributed by atoms with E-state index in [1.807, 2.05) is 23.8 Å². The third-order valence-corrected chi connectivity index (χ3v) is 5.24. The largest absolute Gasteiger partial charge is 0.314 e. The van der Waals surface area contributed by atoms with Gasteiger partial charge in [-0.1, -0.05) is 0 Å². The average Bonchev–Trinajstić information content (AvgIpc) is 2.95. The Bertz CT molecular complexity index is 452. The smallest absolute Gasteiger partial charge is 0.212 e. The maximum absolute atomic E-state index is 11.9. The van der Waals surface area contributed by atoms with Crippen molar-refractivity contribution in [1.29, 1.82) is 0 Å². The van der Waals surface area contributed by atoms with E-state index < -0.39 is 10.0 Å². The van der Waals surface area contributed by atoms with Crippen molar-refractivity contribution in [3.8, 4) is 0 Å². The molecule has 1 unspecified atom stereocenters. The number of rotatable bonds is 8. The van der Waals surface area contributed by atoms with Gasteiger partial charge in [-0.2, -0.15) is 11.3 Å². The summed E-state index contributed by atoms with van der Waals surface area (Å²) < 4.78 is 26.4. The Hall–Kier alpha value is -0.430. The molecule has 1 atom stereocenters. The molecular formula is C12H20N2O2S2. The summed E-state index contributed by atoms with van der Waals surface area (Å²) in [5.41, 5.74) is 1.03. The predicted octanol–water partition coefficient (Wildman–Crippen LogP) is 1.87. The van der Waals surface area contributed by atoms with Crippen LogP contribution < -0.4 is 10.0 Å². The lowest BCUT2D eigenvalue weighted by Gasteiger charge is -2.13. The standard InChI is InChI=1S/C12H20N2O2S2/c1-10(11-5-7-17-9-11)14-18(15,16)8-2-6-13-12-3-4-12/h5,7,9-10,12-14H,2-4,6,8H2,1H3. The highest BCUT2D eigenvalue weighted by Gasteiger charge is 2.20. The van der Waals surface area contributed by atoms with E-state index in [4.69, 9.17) is 0 Å². The summed E-state index contributed by atoms with van der Waals surface area (Å²) in [6.07, 6.45) is 3.14. The van der Waals surface area contributed by atoms with Crippen LogP contribution in [-0.4, -0.2) is 26.8 Å². The molecule has 2 N–H and O–H groups in total. The van der Waals surface area contributed by atoms with Gasteiger partial charge in [0.15, 0.2) is 0 Å². The van der Waals surface area contributed by atoms with Crippen molar-refractivity contribution in [1.82, 2.24) is 10.0 Å². The first-order chi connectivity index (χ1) is 8.57. The van der Waals surface area contributed by atoms with E-state index in [0.29, 0.717) is 12.5 Å². The molecule has 1 aromatic heterocycles. The van der Waals surface area contributed by atoms with Gasteiger partial charge < -0.3 is 5.32 Å². The van der Waals surface area contributed by atoms with E-state index in [9.17, 15) is 8.42 Å². The van der Waals surface area contributed by atoms with Gasteiger partial charge in [-0.05, 0) is 55.1 Å². The van der Waals surface area contributed by atoms with Crippen LogP contribution in [0.4, 0.5) is 0 Å². The normalized spacial score (nSPS) is 17.8. The zero-order valence-electron chi connectivity index (χ0n) is 10.6. The summed E-state index contributed by atoms with van der Waals surface area (Å²) >= 11 is 1.58. The van der Waals surface area contributed by atoms with Crippen LogP contribution in [0.3, 0.4) is 0 Å². The molecule has 1 fully saturated rings. The average molecular weight is 288 g/mol. The lowest BCUT2D eigenvalue weighted by atomic mass is 10.2. The monoisotopic (exact) mass is 288 g/mol. The van der Waals surface area contributed by atoms with Crippen LogP contribution in [-0.2, 0) is 10.0 Å². The lowest BCUT2D eigenvalue weighted by Crippen LogP contribution is -2.30. The first-order valence-electron chi connectivity index (χ1n) is 6.32. The van der Waals surface area contributed by atoms with E-state index in [-0.39, 0.29) is 11.8 Å². The van der Waals surface area contributed by atoms with Crippen molar-refractivity contribution in [3.63, 3.8) is 0 Å². The fourth-order valence-electron chi connectivity index (χ4n) is 1.77. The fraction of sp³-hybridized carbons (Fsp3) is 0.667. The first-order valence-corrected chi connectivity index (χ1v) is 8.92. The number of sulfonamides is 1. The van der Waals surface area contributed by atoms with Gasteiger partial charge in [0.2, 0.25) is 10.0 Å². The highest BCUT2D eigenvalue weighted by atomic mass is 32.2. The summed E-state index contributed by atoms with van der Waals surface area (Å²) in [6, 6.07) is 2.45. The van der Waals surface area contributed by atoms with Crippen molar-refractivity contribution < 1.29 is 8.42 Å². The summed E-state index contributed by atoms with van der Waals surface area (Å²) in [4.78, 5) is 0. The fourth-order valence-corrected chi connectivity index (χ4v) is 3.84. The zero-order valence-corrected chi connectivity index (χ0v) is 12.2. The molecule has 2 rings (SSSR count). The highest BCUT2D eigenvalue weighted by molar-refractivity contribution is 7.89. The molecule has 4 nitrogen and oxygen atoms in total. The Balaban J connectivity index is 1.72. The molecule has 0 aliphatic heterocycles. The van der Waals surface area contributed by atoms with E-state index in [1.54, 1.807) is 11.3 Å². The number of hydrogen-bond acceptors (Lipinski definition) is 4. The van der Waals surface area contributed by atoms with Gasteiger partial charge in [0.1, 0.15) is 0 Å². The van der Waals surface area contributed by atoms with Crippen LogP contribution in [0, 0.1) is 0 Å². The summed E-state index contributed by atoms with van der Waals surface area (Å²) in [7, 11) is -3.17. The molecule has 0 amide bonds. The number of nitrogens with one attached hydrogen (secondary N) is 2. The minimum Gasteiger partial charge on any atom is -0.314 e. The number of hydrogen-bond donors (Lipinski definition) is 2. The Labute approximate surface area is 113 Å². The molecule has 1 aliphatic rings. The van der Waals surface area contributed by atoms with Gasteiger partial charge >= 0.3 is 0 Å². The highest BCUT2D eigenvalue weighted by Crippen LogP contribution is 2.18. The third-order valence-electron chi connectivity index (χ3n) is 3.00. The van der Waals surface area contributed by atoms with Gasteiger partial charge in [0.25, 0.3) is 0 Å². The first kappa shape index (κ1) is 14.0. The van der Waals surface area contributed by atoms with Gasteiger partial charge in [0, 0.05) is 12.1 Å². The SMILES string of the molecule is CC(NS(=O)(=O)CCCNC1CC1)c1ccsc1. The second-order valence-corrected chi connectivity index (χ2v) is 7.45. The van der Waals surface area contributed by atoms with Crippen LogP contribution in [0.2, 0.25) is 0 Å². The molecule has 1 heterocycles. The zero-order chi connectivity index (χ0) is 13.0. The topological polar surface area (TPSA) is 58.2 Å². The molecule has 1 saturated carbocycles. The molecule has 6 heteroatoms. The second kappa shape index (κ2) is 6.14. The quantitative estimate of drug-likeness (QED) is 0.718. The van der Waals surface area contributed by atoms with E-state index in [0.717, 1.165) is 12.1 Å². The second-order valence-electron chi connectivity index (χ2n) is 4.80. The minimum atomic E-state index is -3.17. The lowest BCUT2D eigenvalue weighted by molar-refractivity contribution is 0.561. The third kappa shape index (κ3) is 4.68. The molecule has 1 aliphatic carbocycles. The van der Waals surface area contributed by atoms with Crippen LogP contribution >= 0.6 is 11.3 Å². The van der Waals surface area contributed by atoms with Crippen LogP contribution in [0.5, 0.6) is 0 Å². The molecule has 0 saturated heterocycles. The maximum Gasteiger partial charge on any atom is 0.212 e. The number of thiophene rings is 1. The van der Waals surface area contributed by atoms with Crippen LogP contribution in [0.15, 0.2) is 16.8 Å². The Morgan fingerprint density at radius 1 is 1.50 bits per heavy atom. The molecule has 0 spiro atoms. The molecular weight excluding hydrogens is 268 g/mol. The summed E-state index contributed by atoms with van der Waals surface area (Å²) in [5, 5.41) is 7.25. The van der Waals surface area contributed by atoms with Gasteiger partial charge in [-0.25, -0.2) is 13.1 Å². The van der Waals surface area contributed by atoms with E-state index in [2.05, 4.69) is 10.0 Å². The van der Waals surface area contributed by atoms with Gasteiger partial charge in [0.05, 0.1) is 5.75 Å². The van der Waals surface area contributed by atoms with E-state index in [1.165, 1.54) is 12.8 Å². The minimum absolute atomic E-state index is 0.141. The maximum atomic E-state index is 11.9. The Morgan fingerprint density at radius 3 is 2.89 bits per heavy atom. The molecule has 102 valence electrons. The van der Waals surface area contributed by atoms with Gasteiger partial charge in [-0.3, -0.25) is 0 Å². The van der Waals surface area contributed by atoms with Crippen molar-refractivity contribution in [2.75, 3.05) is 12.3 Å². The predicted molar refractivity (Wildman–Crippen MR) is 75.3 cm³/mol. The van der Waals surface area contributed by atoms with Crippen molar-refractivity contribution in [3.05, 3.63) is 22.4 Å². The molecule has 0 radical (unpaired) electrons. The summed E-state index contributed by atoms with van der Waals surface area (Å²) in [5.74, 6) is 0.196. The van der Waals surface area contributed by atoms with Crippen molar-refractivity contribution >= 4 is 21.4 Å². The van der Waals surface area contributed by atoms with Crippen LogP contribution in [0.1, 0.15) is 37.8 Å². The Kier molecular flexibility index (Phi) is 4.77. The van der Waals surface area contributed by atoms with Crippen molar-refractivity contribution in [2.24, 2.45) is 0 Å². The summed E-state index contributed by atoms with van der Waals surface area (Å²) in [6.45, 7) is 2.67. The van der Waals surface area contributed by atoms with Crippen LogP contribution in [0.25, 0.3) is 0 Å². The molecule has 0 aromatic carbocycles. The molecule has 0 bridgehead atoms. The molecule has 1 aromatic rings. The van der Waals surface area contributed by atoms with E-state index >= 15 is 0 Å². The Morgan fingerprint density at radius 2 is 2.28 bits per heavy atom. The van der Waals surface area contributed by atoms with Gasteiger partial charge in [-0.15, -0.1) is 0 Å². The van der Waals surface area contributed by atoms with Crippen molar-refractivity contribution in [2.45, 2.75) is 38.3 Å². The molecule has 18 heavy (non-hydrogen) atoms.